The highest BCUT2D eigenvalue weighted by Gasteiger charge is 2.09. The third-order valence-corrected chi connectivity index (χ3v) is 3.29. The maximum absolute atomic E-state index is 13.1. The number of nitrogens with zero attached hydrogens (tertiary/aromatic N) is 3. The van der Waals surface area contributed by atoms with E-state index in [1.807, 2.05) is 6.92 Å². The largest absolute Gasteiger partial charge is 0.354 e. The fourth-order valence-electron chi connectivity index (χ4n) is 2.06. The van der Waals surface area contributed by atoms with Crippen molar-refractivity contribution in [3.05, 3.63) is 48.1 Å². The summed E-state index contributed by atoms with van der Waals surface area (Å²) in [5.41, 5.74) is 0.711. The Hall–Kier alpha value is -2.31. The molecule has 1 aromatic heterocycles. The van der Waals surface area contributed by atoms with Gasteiger partial charge >= 0.3 is 0 Å². The summed E-state index contributed by atoms with van der Waals surface area (Å²) in [5.74, 6) is -1.77. The van der Waals surface area contributed by atoms with Gasteiger partial charge in [-0.2, -0.15) is 5.10 Å². The van der Waals surface area contributed by atoms with Crippen LogP contribution in [-0.4, -0.2) is 26.7 Å². The standard InChI is InChI=1S/C15H18F2N4O/c1-11(2-3-12-4-5-13(16)14(17)8-12)20-15(22)6-7-21-10-18-9-19-21/h4-5,8-11H,2-3,6-7H2,1H3,(H,20,22). The van der Waals surface area contributed by atoms with Crippen LogP contribution in [0.4, 0.5) is 8.78 Å². The van der Waals surface area contributed by atoms with Crippen LogP contribution in [0.2, 0.25) is 0 Å². The van der Waals surface area contributed by atoms with Gasteiger partial charge in [0.05, 0.1) is 6.54 Å². The summed E-state index contributed by atoms with van der Waals surface area (Å²) in [6.07, 6.45) is 4.52. The van der Waals surface area contributed by atoms with Crippen molar-refractivity contribution in [2.75, 3.05) is 0 Å². The minimum absolute atomic E-state index is 0.0450. The van der Waals surface area contributed by atoms with Gasteiger partial charge in [0.1, 0.15) is 12.7 Å². The SMILES string of the molecule is CC(CCc1ccc(F)c(F)c1)NC(=O)CCn1cncn1. The molecule has 2 aromatic rings. The minimum atomic E-state index is -0.849. The zero-order chi connectivity index (χ0) is 15.9. The van der Waals surface area contributed by atoms with Crippen molar-refractivity contribution in [2.45, 2.75) is 38.8 Å². The summed E-state index contributed by atoms with van der Waals surface area (Å²) in [6, 6.07) is 3.81. The molecular formula is C15H18F2N4O. The molecule has 1 aromatic carbocycles. The first kappa shape index (κ1) is 16.1. The van der Waals surface area contributed by atoms with Crippen LogP contribution in [-0.2, 0) is 17.8 Å². The van der Waals surface area contributed by atoms with Crippen LogP contribution in [0.3, 0.4) is 0 Å². The molecule has 0 aliphatic carbocycles. The first-order valence-corrected chi connectivity index (χ1v) is 7.10. The molecule has 1 unspecified atom stereocenters. The number of amides is 1. The number of benzene rings is 1. The number of rotatable bonds is 7. The van der Waals surface area contributed by atoms with Crippen molar-refractivity contribution < 1.29 is 13.6 Å². The highest BCUT2D eigenvalue weighted by molar-refractivity contribution is 5.76. The molecule has 22 heavy (non-hydrogen) atoms. The van der Waals surface area contributed by atoms with Crippen LogP contribution in [0.1, 0.15) is 25.3 Å². The van der Waals surface area contributed by atoms with E-state index in [9.17, 15) is 13.6 Å². The zero-order valence-corrected chi connectivity index (χ0v) is 12.3. The molecule has 5 nitrogen and oxygen atoms in total. The zero-order valence-electron chi connectivity index (χ0n) is 12.3. The Morgan fingerprint density at radius 1 is 1.36 bits per heavy atom. The maximum atomic E-state index is 13.1. The Bertz CT molecular complexity index is 616. The van der Waals surface area contributed by atoms with Gasteiger partial charge < -0.3 is 5.32 Å². The van der Waals surface area contributed by atoms with Gasteiger partial charge in [-0.1, -0.05) is 6.07 Å². The highest BCUT2D eigenvalue weighted by Crippen LogP contribution is 2.11. The summed E-state index contributed by atoms with van der Waals surface area (Å²) >= 11 is 0. The van der Waals surface area contributed by atoms with E-state index in [0.717, 1.165) is 6.07 Å². The van der Waals surface area contributed by atoms with E-state index in [1.165, 1.54) is 12.4 Å². The molecule has 0 fully saturated rings. The van der Waals surface area contributed by atoms with Crippen LogP contribution in [0.5, 0.6) is 0 Å². The van der Waals surface area contributed by atoms with Crippen LogP contribution in [0.25, 0.3) is 0 Å². The maximum Gasteiger partial charge on any atom is 0.222 e. The van der Waals surface area contributed by atoms with Gasteiger partial charge in [-0.15, -0.1) is 0 Å². The number of halogens is 2. The third kappa shape index (κ3) is 4.91. The Morgan fingerprint density at radius 2 is 2.18 bits per heavy atom. The highest BCUT2D eigenvalue weighted by atomic mass is 19.2. The quantitative estimate of drug-likeness (QED) is 0.852. The van der Waals surface area contributed by atoms with Gasteiger partial charge in [-0.05, 0) is 37.5 Å². The molecule has 0 aliphatic heterocycles. The van der Waals surface area contributed by atoms with Gasteiger partial charge in [-0.25, -0.2) is 13.8 Å². The predicted molar refractivity (Wildman–Crippen MR) is 76.9 cm³/mol. The second-order valence-electron chi connectivity index (χ2n) is 5.16. The first-order valence-electron chi connectivity index (χ1n) is 7.10. The molecular weight excluding hydrogens is 290 g/mol. The fraction of sp³-hybridized carbons (Fsp3) is 0.400. The molecule has 118 valence electrons. The lowest BCUT2D eigenvalue weighted by Gasteiger charge is -2.14. The summed E-state index contributed by atoms with van der Waals surface area (Å²) in [6.45, 7) is 2.36. The van der Waals surface area contributed by atoms with E-state index >= 15 is 0 Å². The van der Waals surface area contributed by atoms with Gasteiger partial charge in [0.2, 0.25) is 5.91 Å². The lowest BCUT2D eigenvalue weighted by molar-refractivity contribution is -0.122. The third-order valence-electron chi connectivity index (χ3n) is 3.29. The fourth-order valence-corrected chi connectivity index (χ4v) is 2.06. The lowest BCUT2D eigenvalue weighted by Crippen LogP contribution is -2.33. The average Bonchev–Trinajstić information content (AvgIpc) is 3.00. The summed E-state index contributed by atoms with van der Waals surface area (Å²) in [5, 5.41) is 6.79. The van der Waals surface area contributed by atoms with E-state index in [1.54, 1.807) is 17.1 Å². The lowest BCUT2D eigenvalue weighted by atomic mass is 10.1. The number of carbonyl (C=O) groups is 1. The van der Waals surface area contributed by atoms with Gasteiger partial charge in [0, 0.05) is 12.5 Å². The molecule has 1 atom stereocenters. The Kier molecular flexibility index (Phi) is 5.57. The van der Waals surface area contributed by atoms with Crippen molar-refractivity contribution in [2.24, 2.45) is 0 Å². The number of carbonyl (C=O) groups excluding carboxylic acids is 1. The van der Waals surface area contributed by atoms with Crippen molar-refractivity contribution in [3.63, 3.8) is 0 Å². The Balaban J connectivity index is 1.71. The molecule has 0 saturated carbocycles. The molecule has 0 saturated heterocycles. The van der Waals surface area contributed by atoms with Gasteiger partial charge in [0.25, 0.3) is 0 Å². The second-order valence-corrected chi connectivity index (χ2v) is 5.16. The number of nitrogens with one attached hydrogen (secondary N) is 1. The first-order chi connectivity index (χ1) is 10.5. The molecule has 0 bridgehead atoms. The Morgan fingerprint density at radius 3 is 2.86 bits per heavy atom. The normalized spacial score (nSPS) is 12.1. The molecule has 7 heteroatoms. The van der Waals surface area contributed by atoms with Crippen LogP contribution < -0.4 is 5.32 Å². The number of aromatic nitrogens is 3. The van der Waals surface area contributed by atoms with E-state index in [-0.39, 0.29) is 11.9 Å². The van der Waals surface area contributed by atoms with Crippen molar-refractivity contribution in [1.82, 2.24) is 20.1 Å². The Labute approximate surface area is 127 Å². The van der Waals surface area contributed by atoms with E-state index in [4.69, 9.17) is 0 Å². The average molecular weight is 308 g/mol. The van der Waals surface area contributed by atoms with E-state index < -0.39 is 11.6 Å². The second kappa shape index (κ2) is 7.63. The van der Waals surface area contributed by atoms with Crippen molar-refractivity contribution in [1.29, 1.82) is 0 Å². The molecule has 1 amide bonds. The molecule has 0 aliphatic rings. The number of hydrogen-bond acceptors (Lipinski definition) is 3. The van der Waals surface area contributed by atoms with E-state index in [0.29, 0.717) is 31.4 Å². The topological polar surface area (TPSA) is 59.8 Å². The predicted octanol–water partition coefficient (Wildman–Crippen LogP) is 2.08. The smallest absolute Gasteiger partial charge is 0.222 e. The summed E-state index contributed by atoms with van der Waals surface area (Å²) in [7, 11) is 0. The number of hydrogen-bond donors (Lipinski definition) is 1. The van der Waals surface area contributed by atoms with E-state index in [2.05, 4.69) is 15.4 Å². The summed E-state index contributed by atoms with van der Waals surface area (Å²) < 4.78 is 27.5. The van der Waals surface area contributed by atoms with Gasteiger partial charge in [-0.3, -0.25) is 9.48 Å². The minimum Gasteiger partial charge on any atom is -0.354 e. The summed E-state index contributed by atoms with van der Waals surface area (Å²) in [4.78, 5) is 15.6. The van der Waals surface area contributed by atoms with Crippen molar-refractivity contribution in [3.8, 4) is 0 Å². The van der Waals surface area contributed by atoms with Crippen LogP contribution >= 0.6 is 0 Å². The molecule has 0 radical (unpaired) electrons. The molecule has 2 rings (SSSR count). The molecule has 1 heterocycles. The van der Waals surface area contributed by atoms with Crippen LogP contribution in [0.15, 0.2) is 30.9 Å². The molecule has 0 spiro atoms. The number of aryl methyl sites for hydroxylation is 2. The van der Waals surface area contributed by atoms with Crippen molar-refractivity contribution >= 4 is 5.91 Å². The monoisotopic (exact) mass is 308 g/mol. The van der Waals surface area contributed by atoms with Crippen LogP contribution in [0, 0.1) is 11.6 Å². The van der Waals surface area contributed by atoms with Gasteiger partial charge in [0.15, 0.2) is 11.6 Å². The molecule has 1 N–H and O–H groups in total.